The molecule has 1 aromatic carbocycles. The molecule has 0 saturated carbocycles. The number of aryl methyl sites for hydroxylation is 1. The molecule has 0 bridgehead atoms. The fourth-order valence-electron chi connectivity index (χ4n) is 2.73. The van der Waals surface area contributed by atoms with E-state index in [1.165, 1.54) is 0 Å². The third-order valence-corrected chi connectivity index (χ3v) is 3.29. The van der Waals surface area contributed by atoms with Gasteiger partial charge in [-0.05, 0) is 39.8 Å². The first-order valence-corrected chi connectivity index (χ1v) is 6.55. The van der Waals surface area contributed by atoms with Crippen molar-refractivity contribution in [3.8, 4) is 0 Å². The van der Waals surface area contributed by atoms with Gasteiger partial charge in [0.05, 0.1) is 23.0 Å². The van der Waals surface area contributed by atoms with E-state index in [0.717, 1.165) is 11.3 Å². The van der Waals surface area contributed by atoms with Crippen molar-refractivity contribution in [1.82, 2.24) is 0 Å². The minimum absolute atomic E-state index is 0.0895. The number of aromatic carboxylic acids is 1. The number of ether oxygens (including phenoxy) is 1. The summed E-state index contributed by atoms with van der Waals surface area (Å²) in [7, 11) is 0. The number of nitrogens with zero attached hydrogens (tertiary/aromatic N) is 1. The van der Waals surface area contributed by atoms with Crippen LogP contribution >= 0.6 is 0 Å². The maximum Gasteiger partial charge on any atom is 0.337 e. The Labute approximate surface area is 114 Å². The predicted molar refractivity (Wildman–Crippen MR) is 75.0 cm³/mol. The Hall–Kier alpha value is -1.55. The van der Waals surface area contributed by atoms with Crippen LogP contribution in [0, 0.1) is 6.92 Å². The Bertz CT molecular complexity index is 496. The maximum absolute atomic E-state index is 11.4. The number of morpholine rings is 1. The van der Waals surface area contributed by atoms with E-state index >= 15 is 0 Å². The molecule has 1 atom stereocenters. The van der Waals surface area contributed by atoms with Crippen LogP contribution in [0.5, 0.6) is 0 Å². The zero-order valence-electron chi connectivity index (χ0n) is 11.9. The minimum atomic E-state index is -0.879. The second-order valence-corrected chi connectivity index (χ2v) is 5.89. The van der Waals surface area contributed by atoms with Gasteiger partial charge < -0.3 is 14.7 Å². The Morgan fingerprint density at radius 3 is 2.74 bits per heavy atom. The summed E-state index contributed by atoms with van der Waals surface area (Å²) < 4.78 is 5.86. The lowest BCUT2D eigenvalue weighted by Crippen LogP contribution is -2.52. The zero-order valence-corrected chi connectivity index (χ0v) is 11.9. The molecule has 19 heavy (non-hydrogen) atoms. The van der Waals surface area contributed by atoms with Crippen molar-refractivity contribution in [2.24, 2.45) is 0 Å². The summed E-state index contributed by atoms with van der Waals surface area (Å²) >= 11 is 0. The molecule has 0 aromatic heterocycles. The quantitative estimate of drug-likeness (QED) is 0.891. The summed E-state index contributed by atoms with van der Waals surface area (Å²) in [6.45, 7) is 9.40. The van der Waals surface area contributed by atoms with Crippen molar-refractivity contribution in [3.05, 3.63) is 29.3 Å². The highest BCUT2D eigenvalue weighted by atomic mass is 16.5. The molecular weight excluding hydrogens is 242 g/mol. The van der Waals surface area contributed by atoms with Gasteiger partial charge in [0.2, 0.25) is 0 Å². The lowest BCUT2D eigenvalue weighted by Gasteiger charge is -2.43. The predicted octanol–water partition coefficient (Wildman–Crippen LogP) is 2.70. The highest BCUT2D eigenvalue weighted by molar-refractivity contribution is 5.94. The largest absolute Gasteiger partial charge is 0.478 e. The average molecular weight is 263 g/mol. The van der Waals surface area contributed by atoms with Gasteiger partial charge in [0.1, 0.15) is 0 Å². The third kappa shape index (κ3) is 3.07. The first kappa shape index (κ1) is 13.9. The van der Waals surface area contributed by atoms with Gasteiger partial charge in [-0.25, -0.2) is 4.79 Å². The lowest BCUT2D eigenvalue weighted by atomic mass is 10.0. The van der Waals surface area contributed by atoms with Gasteiger partial charge in [-0.1, -0.05) is 11.6 Å². The molecule has 0 spiro atoms. The fourth-order valence-corrected chi connectivity index (χ4v) is 2.73. The van der Waals surface area contributed by atoms with Crippen LogP contribution in [0.4, 0.5) is 5.69 Å². The second-order valence-electron chi connectivity index (χ2n) is 5.89. The first-order chi connectivity index (χ1) is 8.78. The van der Waals surface area contributed by atoms with Crippen LogP contribution in [0.1, 0.15) is 36.7 Å². The molecular formula is C15H21NO3. The number of hydrogen-bond donors (Lipinski definition) is 1. The van der Waals surface area contributed by atoms with Crippen molar-refractivity contribution in [3.63, 3.8) is 0 Å². The van der Waals surface area contributed by atoms with Gasteiger partial charge in [-0.2, -0.15) is 0 Å². The molecule has 1 fully saturated rings. The summed E-state index contributed by atoms with van der Waals surface area (Å²) in [5, 5.41) is 9.36. The molecule has 0 aliphatic carbocycles. The van der Waals surface area contributed by atoms with Crippen LogP contribution in [0.15, 0.2) is 18.2 Å². The number of hydrogen-bond acceptors (Lipinski definition) is 3. The molecule has 0 radical (unpaired) electrons. The van der Waals surface area contributed by atoms with E-state index in [4.69, 9.17) is 4.74 Å². The molecule has 1 saturated heterocycles. The minimum Gasteiger partial charge on any atom is -0.478 e. The van der Waals surface area contributed by atoms with E-state index in [0.29, 0.717) is 18.7 Å². The summed E-state index contributed by atoms with van der Waals surface area (Å²) in [6, 6.07) is 5.58. The van der Waals surface area contributed by atoms with Gasteiger partial charge in [-0.15, -0.1) is 0 Å². The van der Waals surface area contributed by atoms with Crippen molar-refractivity contribution >= 4 is 11.7 Å². The Morgan fingerprint density at radius 2 is 2.16 bits per heavy atom. The standard InChI is InChI=1S/C15H21NO3/c1-10-5-6-13(12(7-10)14(17)18)16-8-11(2)19-15(3,4)9-16/h5-7,11H,8-9H2,1-4H3,(H,17,18). The number of carboxylic acid groups (broad SMARTS) is 1. The summed E-state index contributed by atoms with van der Waals surface area (Å²) in [4.78, 5) is 13.5. The molecule has 1 aliphatic heterocycles. The average Bonchev–Trinajstić information content (AvgIpc) is 2.25. The zero-order chi connectivity index (χ0) is 14.2. The number of carbonyl (C=O) groups is 1. The van der Waals surface area contributed by atoms with E-state index in [-0.39, 0.29) is 11.7 Å². The molecule has 4 heteroatoms. The molecule has 1 unspecified atom stereocenters. The van der Waals surface area contributed by atoms with Gasteiger partial charge in [-0.3, -0.25) is 0 Å². The highest BCUT2D eigenvalue weighted by Crippen LogP contribution is 2.29. The van der Waals surface area contributed by atoms with Gasteiger partial charge in [0, 0.05) is 13.1 Å². The molecule has 1 aliphatic rings. The van der Waals surface area contributed by atoms with Crippen molar-refractivity contribution in [2.45, 2.75) is 39.4 Å². The van der Waals surface area contributed by atoms with Crippen LogP contribution in [0.2, 0.25) is 0 Å². The van der Waals surface area contributed by atoms with Crippen molar-refractivity contribution in [2.75, 3.05) is 18.0 Å². The number of benzene rings is 1. The normalized spacial score (nSPS) is 22.3. The molecule has 0 amide bonds. The van der Waals surface area contributed by atoms with Crippen LogP contribution in [-0.2, 0) is 4.74 Å². The Morgan fingerprint density at radius 1 is 1.47 bits per heavy atom. The smallest absolute Gasteiger partial charge is 0.337 e. The highest BCUT2D eigenvalue weighted by Gasteiger charge is 2.32. The second kappa shape index (κ2) is 4.85. The number of anilines is 1. The molecule has 2 rings (SSSR count). The van der Waals surface area contributed by atoms with Gasteiger partial charge >= 0.3 is 5.97 Å². The van der Waals surface area contributed by atoms with Gasteiger partial charge in [0.15, 0.2) is 0 Å². The van der Waals surface area contributed by atoms with Crippen LogP contribution in [0.25, 0.3) is 0 Å². The van der Waals surface area contributed by atoms with E-state index in [2.05, 4.69) is 4.90 Å². The molecule has 1 N–H and O–H groups in total. The Balaban J connectivity index is 2.38. The monoisotopic (exact) mass is 263 g/mol. The summed E-state index contributed by atoms with van der Waals surface area (Å²) in [5.41, 5.74) is 1.84. The molecule has 1 aromatic rings. The molecule has 104 valence electrons. The van der Waals surface area contributed by atoms with Crippen molar-refractivity contribution < 1.29 is 14.6 Å². The third-order valence-electron chi connectivity index (χ3n) is 3.29. The fraction of sp³-hybridized carbons (Fsp3) is 0.533. The Kier molecular flexibility index (Phi) is 3.54. The summed E-state index contributed by atoms with van der Waals surface area (Å²) in [6.07, 6.45) is 0.0895. The van der Waals surface area contributed by atoms with Crippen LogP contribution < -0.4 is 4.90 Å². The van der Waals surface area contributed by atoms with E-state index in [9.17, 15) is 9.90 Å². The van der Waals surface area contributed by atoms with E-state index in [1.807, 2.05) is 39.8 Å². The van der Waals surface area contributed by atoms with E-state index in [1.54, 1.807) is 6.07 Å². The summed E-state index contributed by atoms with van der Waals surface area (Å²) in [5.74, 6) is -0.879. The molecule has 4 nitrogen and oxygen atoms in total. The molecule has 1 heterocycles. The van der Waals surface area contributed by atoms with Crippen molar-refractivity contribution in [1.29, 1.82) is 0 Å². The number of rotatable bonds is 2. The first-order valence-electron chi connectivity index (χ1n) is 6.55. The van der Waals surface area contributed by atoms with E-state index < -0.39 is 5.97 Å². The van der Waals surface area contributed by atoms with Gasteiger partial charge in [0.25, 0.3) is 0 Å². The lowest BCUT2D eigenvalue weighted by molar-refractivity contribution is -0.0750. The SMILES string of the molecule is Cc1ccc(N2CC(C)OC(C)(C)C2)c(C(=O)O)c1. The maximum atomic E-state index is 11.4. The van der Waals surface area contributed by atoms with Crippen LogP contribution in [0.3, 0.4) is 0 Å². The number of carboxylic acids is 1. The van der Waals surface area contributed by atoms with Crippen LogP contribution in [-0.4, -0.2) is 35.9 Å². The topological polar surface area (TPSA) is 49.8 Å².